The molecule has 2 rings (SSSR count). The molecular weight excluding hydrogens is 301 g/mol. The molecule has 0 radical (unpaired) electrons. The highest BCUT2D eigenvalue weighted by atomic mass is 19.4. The molecule has 0 aliphatic heterocycles. The van der Waals surface area contributed by atoms with Crippen LogP contribution in [0.4, 0.5) is 13.2 Å². The number of hydrogen-bond acceptors (Lipinski definition) is 2. The molecule has 118 valence electrons. The minimum atomic E-state index is -4.46. The number of alkyl halides is 3. The first-order chi connectivity index (χ1) is 10.2. The average Bonchev–Trinajstić information content (AvgIpc) is 2.74. The Hall–Kier alpha value is -2.51. The summed E-state index contributed by atoms with van der Waals surface area (Å²) in [4.78, 5) is 23.0. The SMILES string of the molecule is CCc1[nH]n(-c2ccc(C(F)(F)F)cc2)c(=O)c1CC(=O)O. The average molecular weight is 314 g/mol. The predicted molar refractivity (Wildman–Crippen MR) is 72.1 cm³/mol. The van der Waals surface area contributed by atoms with Crippen LogP contribution in [0.15, 0.2) is 29.1 Å². The lowest BCUT2D eigenvalue weighted by Crippen LogP contribution is -2.19. The molecule has 0 unspecified atom stereocenters. The Morgan fingerprint density at radius 2 is 1.86 bits per heavy atom. The van der Waals surface area contributed by atoms with Crippen LogP contribution in [0.3, 0.4) is 0 Å². The summed E-state index contributed by atoms with van der Waals surface area (Å²) in [5, 5.41) is 11.6. The molecule has 0 atom stereocenters. The highest BCUT2D eigenvalue weighted by Gasteiger charge is 2.30. The number of carboxylic acid groups (broad SMARTS) is 1. The maximum absolute atomic E-state index is 12.5. The molecule has 5 nitrogen and oxygen atoms in total. The zero-order valence-electron chi connectivity index (χ0n) is 11.6. The van der Waals surface area contributed by atoms with Gasteiger partial charge in [-0.3, -0.25) is 14.7 Å². The van der Waals surface area contributed by atoms with Gasteiger partial charge in [-0.1, -0.05) is 6.92 Å². The standard InChI is InChI=1S/C14H13F3N2O3/c1-2-11-10(7-12(20)21)13(22)19(18-11)9-5-3-8(4-6-9)14(15,16)17/h3-6,18H,2,7H2,1H3,(H,20,21). The summed E-state index contributed by atoms with van der Waals surface area (Å²) in [7, 11) is 0. The monoisotopic (exact) mass is 314 g/mol. The van der Waals surface area contributed by atoms with Crippen molar-refractivity contribution in [3.63, 3.8) is 0 Å². The van der Waals surface area contributed by atoms with Crippen molar-refractivity contribution in [3.8, 4) is 5.69 Å². The summed E-state index contributed by atoms with van der Waals surface area (Å²) in [6.45, 7) is 1.74. The summed E-state index contributed by atoms with van der Waals surface area (Å²) < 4.78 is 38.6. The van der Waals surface area contributed by atoms with Crippen LogP contribution in [-0.2, 0) is 23.8 Å². The lowest BCUT2D eigenvalue weighted by Gasteiger charge is -2.07. The van der Waals surface area contributed by atoms with E-state index in [1.807, 2.05) is 0 Å². The van der Waals surface area contributed by atoms with Crippen molar-refractivity contribution in [2.24, 2.45) is 0 Å². The molecule has 0 amide bonds. The van der Waals surface area contributed by atoms with Gasteiger partial charge in [0.2, 0.25) is 0 Å². The highest BCUT2D eigenvalue weighted by Crippen LogP contribution is 2.29. The van der Waals surface area contributed by atoms with Crippen LogP contribution < -0.4 is 5.56 Å². The third-order valence-corrected chi connectivity index (χ3v) is 3.21. The zero-order chi connectivity index (χ0) is 16.5. The van der Waals surface area contributed by atoms with E-state index in [9.17, 15) is 22.8 Å². The van der Waals surface area contributed by atoms with E-state index in [-0.39, 0.29) is 11.3 Å². The van der Waals surface area contributed by atoms with E-state index in [0.717, 1.165) is 28.9 Å². The van der Waals surface area contributed by atoms with E-state index in [1.165, 1.54) is 0 Å². The van der Waals surface area contributed by atoms with Crippen molar-refractivity contribution in [1.82, 2.24) is 9.78 Å². The Bertz CT molecular complexity index is 742. The van der Waals surface area contributed by atoms with Crippen molar-refractivity contribution >= 4 is 5.97 Å². The fourth-order valence-electron chi connectivity index (χ4n) is 2.12. The zero-order valence-corrected chi connectivity index (χ0v) is 11.6. The second-order valence-electron chi connectivity index (χ2n) is 4.68. The first-order valence-electron chi connectivity index (χ1n) is 6.46. The molecule has 0 aliphatic carbocycles. The maximum Gasteiger partial charge on any atom is 0.416 e. The number of rotatable bonds is 4. The summed E-state index contributed by atoms with van der Waals surface area (Å²) >= 11 is 0. The van der Waals surface area contributed by atoms with Gasteiger partial charge in [0.05, 0.1) is 23.2 Å². The third-order valence-electron chi connectivity index (χ3n) is 3.21. The lowest BCUT2D eigenvalue weighted by molar-refractivity contribution is -0.138. The number of aromatic nitrogens is 2. The number of halogens is 3. The fourth-order valence-corrected chi connectivity index (χ4v) is 2.12. The molecule has 0 aliphatic rings. The first kappa shape index (κ1) is 15.9. The van der Waals surface area contributed by atoms with Crippen molar-refractivity contribution in [2.45, 2.75) is 25.9 Å². The van der Waals surface area contributed by atoms with Crippen LogP contribution in [0, 0.1) is 0 Å². The molecular formula is C14H13F3N2O3. The molecule has 8 heteroatoms. The van der Waals surface area contributed by atoms with Gasteiger partial charge in [-0.05, 0) is 30.7 Å². The molecule has 22 heavy (non-hydrogen) atoms. The van der Waals surface area contributed by atoms with Gasteiger partial charge in [-0.15, -0.1) is 0 Å². The van der Waals surface area contributed by atoms with Gasteiger partial charge in [0.25, 0.3) is 5.56 Å². The number of carboxylic acids is 1. The van der Waals surface area contributed by atoms with Crippen molar-refractivity contribution in [2.75, 3.05) is 0 Å². The predicted octanol–water partition coefficient (Wildman–Crippen LogP) is 2.37. The number of H-pyrrole nitrogens is 1. The van der Waals surface area contributed by atoms with E-state index in [4.69, 9.17) is 5.11 Å². The first-order valence-corrected chi connectivity index (χ1v) is 6.46. The molecule has 1 aromatic carbocycles. The van der Waals surface area contributed by atoms with Crippen LogP contribution in [-0.4, -0.2) is 20.9 Å². The molecule has 0 bridgehead atoms. The number of nitrogens with zero attached hydrogens (tertiary/aromatic N) is 1. The smallest absolute Gasteiger partial charge is 0.416 e. The number of aromatic amines is 1. The normalized spacial score (nSPS) is 11.6. The van der Waals surface area contributed by atoms with E-state index in [1.54, 1.807) is 6.92 Å². The molecule has 0 saturated heterocycles. The van der Waals surface area contributed by atoms with Crippen LogP contribution >= 0.6 is 0 Å². The maximum atomic E-state index is 12.5. The van der Waals surface area contributed by atoms with Gasteiger partial charge in [0.15, 0.2) is 0 Å². The van der Waals surface area contributed by atoms with Gasteiger partial charge in [-0.25, -0.2) is 4.68 Å². The van der Waals surface area contributed by atoms with E-state index < -0.39 is 29.7 Å². The topological polar surface area (TPSA) is 75.1 Å². The van der Waals surface area contributed by atoms with Gasteiger partial charge < -0.3 is 5.11 Å². The largest absolute Gasteiger partial charge is 0.481 e. The minimum Gasteiger partial charge on any atom is -0.481 e. The number of aliphatic carboxylic acids is 1. The quantitative estimate of drug-likeness (QED) is 0.910. The number of nitrogens with one attached hydrogen (secondary N) is 1. The van der Waals surface area contributed by atoms with Crippen molar-refractivity contribution in [3.05, 3.63) is 51.4 Å². The van der Waals surface area contributed by atoms with Crippen LogP contribution in [0.5, 0.6) is 0 Å². The van der Waals surface area contributed by atoms with Gasteiger partial charge in [-0.2, -0.15) is 13.2 Å². The highest BCUT2D eigenvalue weighted by molar-refractivity contribution is 5.70. The van der Waals surface area contributed by atoms with Crippen LogP contribution in [0.1, 0.15) is 23.7 Å². The van der Waals surface area contributed by atoms with Crippen LogP contribution in [0.2, 0.25) is 0 Å². The van der Waals surface area contributed by atoms with E-state index >= 15 is 0 Å². The third kappa shape index (κ3) is 3.05. The van der Waals surface area contributed by atoms with E-state index in [0.29, 0.717) is 12.1 Å². The summed E-state index contributed by atoms with van der Waals surface area (Å²) in [6, 6.07) is 4.05. The summed E-state index contributed by atoms with van der Waals surface area (Å²) in [6.07, 6.45) is -4.49. The Labute approximate surface area is 123 Å². The molecule has 0 fully saturated rings. The number of hydrogen-bond donors (Lipinski definition) is 2. The van der Waals surface area contributed by atoms with E-state index in [2.05, 4.69) is 5.10 Å². The van der Waals surface area contributed by atoms with Crippen molar-refractivity contribution < 1.29 is 23.1 Å². The molecule has 0 spiro atoms. The number of aryl methyl sites for hydroxylation is 1. The Morgan fingerprint density at radius 1 is 1.27 bits per heavy atom. The molecule has 2 aromatic rings. The lowest BCUT2D eigenvalue weighted by atomic mass is 10.1. The molecule has 0 saturated carbocycles. The second kappa shape index (κ2) is 5.70. The molecule has 2 N–H and O–H groups in total. The Balaban J connectivity index is 2.47. The van der Waals surface area contributed by atoms with Gasteiger partial charge in [0, 0.05) is 5.69 Å². The second-order valence-corrected chi connectivity index (χ2v) is 4.68. The molecule has 1 aromatic heterocycles. The fraction of sp³-hybridized carbons (Fsp3) is 0.286. The molecule has 1 heterocycles. The Kier molecular flexibility index (Phi) is 4.11. The number of benzene rings is 1. The Morgan fingerprint density at radius 3 is 2.32 bits per heavy atom. The van der Waals surface area contributed by atoms with Gasteiger partial charge in [0.1, 0.15) is 0 Å². The van der Waals surface area contributed by atoms with Gasteiger partial charge >= 0.3 is 12.1 Å². The van der Waals surface area contributed by atoms with Crippen LogP contribution in [0.25, 0.3) is 5.69 Å². The summed E-state index contributed by atoms with van der Waals surface area (Å²) in [5.41, 5.74) is -0.622. The minimum absolute atomic E-state index is 0.106. The van der Waals surface area contributed by atoms with Crippen molar-refractivity contribution in [1.29, 1.82) is 0 Å². The summed E-state index contributed by atoms with van der Waals surface area (Å²) in [5.74, 6) is -1.15. The number of carbonyl (C=O) groups is 1.